The molecule has 2 aromatic heterocycles. The van der Waals surface area contributed by atoms with Crippen molar-refractivity contribution in [1.29, 1.82) is 0 Å². The molecule has 0 bridgehead atoms. The van der Waals surface area contributed by atoms with Gasteiger partial charge >= 0.3 is 5.97 Å². The first-order chi connectivity index (χ1) is 13.2. The normalized spacial score (nSPS) is 11.1. The SMILES string of the molecule is O=C(OCc1nc2ccccc2s1)c1nn(CCO)c(=O)c2ccccc12. The smallest absolute Gasteiger partial charge is 0.359 e. The molecule has 4 rings (SSSR count). The van der Waals surface area contributed by atoms with Crippen LogP contribution in [0.4, 0.5) is 0 Å². The number of para-hydroxylation sites is 1. The van der Waals surface area contributed by atoms with Gasteiger partial charge in [-0.3, -0.25) is 4.79 Å². The molecule has 0 unspecified atom stereocenters. The first-order valence-corrected chi connectivity index (χ1v) is 9.11. The maximum absolute atomic E-state index is 12.6. The van der Waals surface area contributed by atoms with Gasteiger partial charge in [-0.1, -0.05) is 30.3 Å². The van der Waals surface area contributed by atoms with Gasteiger partial charge in [0.1, 0.15) is 11.6 Å². The number of aliphatic hydroxyl groups is 1. The number of hydrogen-bond acceptors (Lipinski definition) is 7. The number of rotatable bonds is 5. The molecule has 0 aliphatic rings. The van der Waals surface area contributed by atoms with Gasteiger partial charge < -0.3 is 9.84 Å². The molecule has 2 aromatic carbocycles. The van der Waals surface area contributed by atoms with E-state index in [1.54, 1.807) is 24.3 Å². The maximum atomic E-state index is 12.6. The minimum atomic E-state index is -0.642. The number of carbonyl (C=O) groups excluding carboxylic acids is 1. The summed E-state index contributed by atoms with van der Waals surface area (Å²) in [6.07, 6.45) is 0. The van der Waals surface area contributed by atoms with Crippen LogP contribution < -0.4 is 5.56 Å². The van der Waals surface area contributed by atoms with Crippen molar-refractivity contribution in [2.24, 2.45) is 0 Å². The van der Waals surface area contributed by atoms with Crippen LogP contribution in [0.5, 0.6) is 0 Å². The summed E-state index contributed by atoms with van der Waals surface area (Å²) in [5.41, 5.74) is 0.538. The first-order valence-electron chi connectivity index (χ1n) is 8.29. The molecule has 4 aromatic rings. The molecule has 8 heteroatoms. The standard InChI is InChI=1S/C19H15N3O4S/c23-10-9-22-18(24)13-6-2-1-5-12(13)17(21-22)19(25)26-11-16-20-14-7-3-4-8-15(14)27-16/h1-8,23H,9-11H2. The Hall–Kier alpha value is -3.10. The highest BCUT2D eigenvalue weighted by molar-refractivity contribution is 7.18. The van der Waals surface area contributed by atoms with Crippen LogP contribution in [0.25, 0.3) is 21.0 Å². The van der Waals surface area contributed by atoms with Crippen LogP contribution in [-0.4, -0.2) is 32.4 Å². The van der Waals surface area contributed by atoms with E-state index >= 15 is 0 Å². The Kier molecular flexibility index (Phi) is 4.66. The Morgan fingerprint density at radius 3 is 2.63 bits per heavy atom. The minimum Gasteiger partial charge on any atom is -0.453 e. The summed E-state index contributed by atoms with van der Waals surface area (Å²) in [7, 11) is 0. The minimum absolute atomic E-state index is 0.00180. The summed E-state index contributed by atoms with van der Waals surface area (Å²) < 4.78 is 7.49. The number of benzene rings is 2. The number of ether oxygens (including phenoxy) is 1. The van der Waals surface area contributed by atoms with E-state index < -0.39 is 5.97 Å². The molecule has 0 spiro atoms. The van der Waals surface area contributed by atoms with E-state index in [4.69, 9.17) is 9.84 Å². The number of nitrogens with zero attached hydrogens (tertiary/aromatic N) is 3. The molecule has 0 radical (unpaired) electrons. The summed E-state index contributed by atoms with van der Waals surface area (Å²) in [6, 6.07) is 14.4. The molecule has 7 nitrogen and oxygen atoms in total. The number of hydrogen-bond donors (Lipinski definition) is 1. The lowest BCUT2D eigenvalue weighted by Gasteiger charge is -2.09. The molecule has 2 heterocycles. The van der Waals surface area contributed by atoms with Crippen molar-refractivity contribution < 1.29 is 14.6 Å². The quantitative estimate of drug-likeness (QED) is 0.533. The van der Waals surface area contributed by atoms with Crippen LogP contribution in [0.3, 0.4) is 0 Å². The fourth-order valence-corrected chi connectivity index (χ4v) is 3.69. The fourth-order valence-electron chi connectivity index (χ4n) is 2.81. The second kappa shape index (κ2) is 7.26. The Balaban J connectivity index is 1.65. The number of thiazole rings is 1. The van der Waals surface area contributed by atoms with E-state index in [1.165, 1.54) is 11.3 Å². The lowest BCUT2D eigenvalue weighted by atomic mass is 10.1. The second-order valence-corrected chi connectivity index (χ2v) is 6.91. The van der Waals surface area contributed by atoms with Gasteiger partial charge in [-0.05, 0) is 18.2 Å². The first kappa shape index (κ1) is 17.3. The van der Waals surface area contributed by atoms with Gasteiger partial charge in [0.05, 0.1) is 28.8 Å². The average Bonchev–Trinajstić information content (AvgIpc) is 3.11. The van der Waals surface area contributed by atoms with Crippen LogP contribution in [0, 0.1) is 0 Å². The van der Waals surface area contributed by atoms with Crippen molar-refractivity contribution in [3.63, 3.8) is 0 Å². The third-order valence-corrected chi connectivity index (χ3v) is 5.05. The monoisotopic (exact) mass is 381 g/mol. The number of fused-ring (bicyclic) bond motifs is 2. The molecule has 0 aliphatic heterocycles. The van der Waals surface area contributed by atoms with Gasteiger partial charge in [0.15, 0.2) is 5.69 Å². The highest BCUT2D eigenvalue weighted by atomic mass is 32.1. The van der Waals surface area contributed by atoms with Crippen molar-refractivity contribution in [3.8, 4) is 0 Å². The molecule has 27 heavy (non-hydrogen) atoms. The summed E-state index contributed by atoms with van der Waals surface area (Å²) in [5.74, 6) is -0.642. The Morgan fingerprint density at radius 2 is 1.85 bits per heavy atom. The molecule has 136 valence electrons. The molecule has 0 amide bonds. The van der Waals surface area contributed by atoms with Gasteiger partial charge in [-0.2, -0.15) is 5.10 Å². The van der Waals surface area contributed by atoms with Crippen molar-refractivity contribution in [2.75, 3.05) is 6.61 Å². The largest absolute Gasteiger partial charge is 0.453 e. The number of aliphatic hydroxyl groups excluding tert-OH is 1. The molecule has 1 N–H and O–H groups in total. The van der Waals surface area contributed by atoms with Crippen LogP contribution in [0.15, 0.2) is 53.3 Å². The Bertz CT molecular complexity index is 1170. The van der Waals surface area contributed by atoms with Crippen LogP contribution in [0.2, 0.25) is 0 Å². The van der Waals surface area contributed by atoms with Gasteiger partial charge in [-0.25, -0.2) is 14.5 Å². The Labute approximate surface area is 157 Å². The summed E-state index contributed by atoms with van der Waals surface area (Å²) >= 11 is 1.45. The average molecular weight is 381 g/mol. The molecule has 0 atom stereocenters. The van der Waals surface area contributed by atoms with Gasteiger partial charge in [0.2, 0.25) is 0 Å². The van der Waals surface area contributed by atoms with Crippen molar-refractivity contribution in [1.82, 2.24) is 14.8 Å². The van der Waals surface area contributed by atoms with E-state index in [1.807, 2.05) is 24.3 Å². The van der Waals surface area contributed by atoms with Crippen LogP contribution in [0.1, 0.15) is 15.5 Å². The van der Waals surface area contributed by atoms with E-state index in [0.717, 1.165) is 14.9 Å². The van der Waals surface area contributed by atoms with E-state index in [2.05, 4.69) is 10.1 Å². The second-order valence-electron chi connectivity index (χ2n) is 5.80. The summed E-state index contributed by atoms with van der Waals surface area (Å²) in [4.78, 5) is 29.5. The molecular weight excluding hydrogens is 366 g/mol. The maximum Gasteiger partial charge on any atom is 0.359 e. The number of aromatic nitrogens is 3. The highest BCUT2D eigenvalue weighted by Gasteiger charge is 2.18. The highest BCUT2D eigenvalue weighted by Crippen LogP contribution is 2.22. The lowest BCUT2D eigenvalue weighted by molar-refractivity contribution is 0.0464. The molecule has 0 fully saturated rings. The predicted molar refractivity (Wildman–Crippen MR) is 102 cm³/mol. The third kappa shape index (κ3) is 3.32. The summed E-state index contributed by atoms with van der Waals surface area (Å²) in [5, 5.41) is 14.7. The van der Waals surface area contributed by atoms with E-state index in [9.17, 15) is 9.59 Å². The molecular formula is C19H15N3O4S. The number of esters is 1. The Morgan fingerprint density at radius 1 is 1.11 bits per heavy atom. The zero-order valence-electron chi connectivity index (χ0n) is 14.2. The van der Waals surface area contributed by atoms with E-state index in [0.29, 0.717) is 15.8 Å². The van der Waals surface area contributed by atoms with Crippen molar-refractivity contribution in [3.05, 3.63) is 69.6 Å². The predicted octanol–water partition coefficient (Wildman–Crippen LogP) is 2.36. The molecule has 0 aliphatic carbocycles. The fraction of sp³-hybridized carbons (Fsp3) is 0.158. The zero-order valence-corrected chi connectivity index (χ0v) is 15.0. The van der Waals surface area contributed by atoms with Crippen molar-refractivity contribution in [2.45, 2.75) is 13.2 Å². The summed E-state index contributed by atoms with van der Waals surface area (Å²) in [6.45, 7) is -0.236. The molecule has 0 saturated heterocycles. The lowest BCUT2D eigenvalue weighted by Crippen LogP contribution is -2.27. The van der Waals surface area contributed by atoms with Gasteiger partial charge in [0.25, 0.3) is 5.56 Å². The topological polar surface area (TPSA) is 94.3 Å². The van der Waals surface area contributed by atoms with Gasteiger partial charge in [-0.15, -0.1) is 11.3 Å². The third-order valence-electron chi connectivity index (χ3n) is 4.04. The van der Waals surface area contributed by atoms with Gasteiger partial charge in [0, 0.05) is 5.39 Å². The molecule has 0 saturated carbocycles. The zero-order chi connectivity index (χ0) is 18.8. The number of carbonyl (C=O) groups is 1. The van der Waals surface area contributed by atoms with Crippen molar-refractivity contribution >= 4 is 38.3 Å². The van der Waals surface area contributed by atoms with Crippen LogP contribution >= 0.6 is 11.3 Å². The van der Waals surface area contributed by atoms with Crippen LogP contribution in [-0.2, 0) is 17.9 Å². The van der Waals surface area contributed by atoms with E-state index in [-0.39, 0.29) is 31.0 Å².